The Morgan fingerprint density at radius 1 is 1.00 bits per heavy atom. The van der Waals surface area contributed by atoms with Crippen LogP contribution >= 0.6 is 0 Å². The predicted octanol–water partition coefficient (Wildman–Crippen LogP) is 6.88. The Balaban J connectivity index is 1.34. The van der Waals surface area contributed by atoms with E-state index < -0.39 is 53.3 Å². The molecule has 1 aliphatic carbocycles. The number of aliphatic carboxylic acids is 1. The summed E-state index contributed by atoms with van der Waals surface area (Å²) >= 11 is 0. The first kappa shape index (κ1) is 40.7. The largest absolute Gasteiger partial charge is 0.487 e. The number of aromatic nitrogens is 1. The number of unbranched alkanes of at least 4 members (excludes halogenated alkanes) is 1. The number of alkyl carbamates (subject to hydrolysis) is 1. The van der Waals surface area contributed by atoms with Gasteiger partial charge in [0.25, 0.3) is 0 Å². The monoisotopic (exact) mass is 757 g/mol. The number of carbonyl (C=O) groups excluding carboxylic acids is 3. The number of ether oxygens (including phenoxy) is 5. The van der Waals surface area contributed by atoms with Gasteiger partial charge >= 0.3 is 24.1 Å². The van der Waals surface area contributed by atoms with E-state index in [4.69, 9.17) is 28.7 Å². The molecular formula is C42H51N3O10. The van der Waals surface area contributed by atoms with Gasteiger partial charge in [0, 0.05) is 18.2 Å². The lowest BCUT2D eigenvalue weighted by atomic mass is 9.87. The van der Waals surface area contributed by atoms with Crippen molar-refractivity contribution in [2.75, 3.05) is 13.7 Å². The zero-order valence-corrected chi connectivity index (χ0v) is 32.5. The predicted molar refractivity (Wildman–Crippen MR) is 203 cm³/mol. The number of hydrogen-bond acceptors (Lipinski definition) is 10. The van der Waals surface area contributed by atoms with Gasteiger partial charge in [0.05, 0.1) is 19.2 Å². The number of amides is 2. The molecular weight excluding hydrogens is 706 g/mol. The third kappa shape index (κ3) is 11.0. The van der Waals surface area contributed by atoms with Gasteiger partial charge in [-0.05, 0) is 69.1 Å². The molecule has 1 aliphatic heterocycles. The van der Waals surface area contributed by atoms with E-state index in [9.17, 15) is 24.3 Å². The molecule has 2 heterocycles. The molecule has 13 nitrogen and oxygen atoms in total. The van der Waals surface area contributed by atoms with E-state index in [0.717, 1.165) is 23.8 Å². The average molecular weight is 758 g/mol. The summed E-state index contributed by atoms with van der Waals surface area (Å²) in [6.45, 7) is 10.8. The second kappa shape index (κ2) is 17.3. The number of hydrogen-bond donors (Lipinski definition) is 2. The Bertz CT molecular complexity index is 1920. The number of carbonyl (C=O) groups is 4. The average Bonchev–Trinajstić information content (AvgIpc) is 3.71. The molecule has 1 saturated carbocycles. The topological polar surface area (TPSA) is 163 Å². The van der Waals surface area contributed by atoms with Crippen molar-refractivity contribution in [2.24, 2.45) is 11.3 Å². The number of rotatable bonds is 12. The van der Waals surface area contributed by atoms with Gasteiger partial charge in [0.1, 0.15) is 47.8 Å². The zero-order valence-electron chi connectivity index (χ0n) is 32.5. The molecule has 5 rings (SSSR count). The molecule has 3 aromatic rings. The van der Waals surface area contributed by atoms with Crippen LogP contribution in [0.5, 0.6) is 11.6 Å². The molecule has 2 fully saturated rings. The molecule has 2 amide bonds. The van der Waals surface area contributed by atoms with E-state index in [0.29, 0.717) is 29.7 Å². The van der Waals surface area contributed by atoms with E-state index in [1.807, 2.05) is 54.6 Å². The fourth-order valence-electron chi connectivity index (χ4n) is 6.37. The highest BCUT2D eigenvalue weighted by atomic mass is 16.6. The Labute approximate surface area is 322 Å². The fraction of sp³-hybridized carbons (Fsp3) is 0.500. The zero-order chi connectivity index (χ0) is 39.9. The van der Waals surface area contributed by atoms with Crippen molar-refractivity contribution in [3.8, 4) is 23.5 Å². The first-order valence-electron chi connectivity index (χ1n) is 18.6. The summed E-state index contributed by atoms with van der Waals surface area (Å²) in [5, 5.41) is 12.7. The third-order valence-electron chi connectivity index (χ3n) is 9.26. The SMILES string of the molecule is COC(=O)[C@@H]1C[C@@H](Oc2nc3ccccc3c(OCc3ccccc3)c2C#CCCC[C@@H]2C[C@H]2OC(=O)N[C@H](C(=O)O)C(C)(C)C)CN1C(=O)OC(C)(C)C. The summed E-state index contributed by atoms with van der Waals surface area (Å²) in [6, 6.07) is 15.3. The lowest BCUT2D eigenvalue weighted by Gasteiger charge is -2.27. The molecule has 0 radical (unpaired) electrons. The Morgan fingerprint density at radius 2 is 1.71 bits per heavy atom. The normalized spacial score (nSPS) is 19.7. The first-order valence-corrected chi connectivity index (χ1v) is 18.6. The number of carboxylic acid groups (broad SMARTS) is 1. The Kier molecular flexibility index (Phi) is 12.8. The minimum atomic E-state index is -1.12. The molecule has 1 saturated heterocycles. The first-order chi connectivity index (χ1) is 26.0. The van der Waals surface area contributed by atoms with Crippen LogP contribution in [0.15, 0.2) is 54.6 Å². The number of nitrogens with one attached hydrogen (secondary N) is 1. The van der Waals surface area contributed by atoms with Crippen LogP contribution in [0, 0.1) is 23.2 Å². The van der Waals surface area contributed by atoms with E-state index >= 15 is 0 Å². The lowest BCUT2D eigenvalue weighted by Crippen LogP contribution is -2.49. The van der Waals surface area contributed by atoms with Crippen molar-refractivity contribution in [2.45, 2.75) is 110 Å². The molecule has 0 unspecified atom stereocenters. The van der Waals surface area contributed by atoms with Gasteiger partial charge in [-0.1, -0.05) is 75.1 Å². The lowest BCUT2D eigenvalue weighted by molar-refractivity contribution is -0.145. The molecule has 2 N–H and O–H groups in total. The summed E-state index contributed by atoms with van der Waals surface area (Å²) in [5.74, 6) is 5.71. The molecule has 2 aromatic carbocycles. The highest BCUT2D eigenvalue weighted by molar-refractivity contribution is 5.89. The van der Waals surface area contributed by atoms with E-state index in [1.54, 1.807) is 41.5 Å². The number of likely N-dealkylation sites (tertiary alicyclic amines) is 1. The van der Waals surface area contributed by atoms with Crippen LogP contribution in [-0.4, -0.2) is 82.7 Å². The molecule has 0 spiro atoms. The van der Waals surface area contributed by atoms with Gasteiger partial charge in [0.15, 0.2) is 0 Å². The Hall–Kier alpha value is -5.51. The quantitative estimate of drug-likeness (QED) is 0.0857. The summed E-state index contributed by atoms with van der Waals surface area (Å²) in [5.41, 5.74) is 0.577. The fourth-order valence-corrected chi connectivity index (χ4v) is 6.37. The Morgan fingerprint density at radius 3 is 2.38 bits per heavy atom. The third-order valence-corrected chi connectivity index (χ3v) is 9.26. The number of nitrogens with zero attached hydrogens (tertiary/aromatic N) is 2. The summed E-state index contributed by atoms with van der Waals surface area (Å²) in [7, 11) is 1.27. The summed E-state index contributed by atoms with van der Waals surface area (Å²) in [6.07, 6.45) is 0.582. The molecule has 55 heavy (non-hydrogen) atoms. The van der Waals surface area contributed by atoms with Crippen molar-refractivity contribution < 1.29 is 48.0 Å². The molecule has 5 atom stereocenters. The van der Waals surface area contributed by atoms with Gasteiger partial charge in [-0.3, -0.25) is 4.90 Å². The van der Waals surface area contributed by atoms with E-state index in [-0.39, 0.29) is 37.5 Å². The molecule has 13 heteroatoms. The molecule has 2 aliphatic rings. The second-order valence-electron chi connectivity index (χ2n) is 16.0. The maximum atomic E-state index is 13.2. The number of benzene rings is 2. The van der Waals surface area contributed by atoms with Crippen molar-refractivity contribution >= 4 is 35.0 Å². The highest BCUT2D eigenvalue weighted by Gasteiger charge is 2.44. The van der Waals surface area contributed by atoms with E-state index in [1.165, 1.54) is 12.0 Å². The minimum Gasteiger partial charge on any atom is -0.487 e. The van der Waals surface area contributed by atoms with Gasteiger partial charge in [-0.15, -0.1) is 0 Å². The number of methoxy groups -OCH3 is 1. The van der Waals surface area contributed by atoms with Crippen molar-refractivity contribution in [1.82, 2.24) is 15.2 Å². The van der Waals surface area contributed by atoms with Crippen molar-refractivity contribution in [3.63, 3.8) is 0 Å². The smallest absolute Gasteiger partial charge is 0.411 e. The number of carboxylic acids is 1. The maximum absolute atomic E-state index is 13.2. The highest BCUT2D eigenvalue weighted by Crippen LogP contribution is 2.39. The molecule has 1 aromatic heterocycles. The van der Waals surface area contributed by atoms with Crippen LogP contribution < -0.4 is 14.8 Å². The van der Waals surface area contributed by atoms with Crippen molar-refractivity contribution in [1.29, 1.82) is 0 Å². The second-order valence-corrected chi connectivity index (χ2v) is 16.0. The number of esters is 1. The molecule has 0 bridgehead atoms. The van der Waals surface area contributed by atoms with Gasteiger partial charge in [-0.25, -0.2) is 24.2 Å². The van der Waals surface area contributed by atoms with Crippen molar-refractivity contribution in [3.05, 3.63) is 65.7 Å². The van der Waals surface area contributed by atoms with Gasteiger partial charge in [0.2, 0.25) is 5.88 Å². The number of fused-ring (bicyclic) bond motifs is 1. The van der Waals surface area contributed by atoms with Crippen LogP contribution in [0.1, 0.15) is 84.8 Å². The van der Waals surface area contributed by atoms with Crippen LogP contribution in [-0.2, 0) is 30.4 Å². The summed E-state index contributed by atoms with van der Waals surface area (Å²) < 4.78 is 29.1. The van der Waals surface area contributed by atoms with Gasteiger partial charge in [-0.2, -0.15) is 0 Å². The summed E-state index contributed by atoms with van der Waals surface area (Å²) in [4.78, 5) is 56.2. The maximum Gasteiger partial charge on any atom is 0.411 e. The van der Waals surface area contributed by atoms with Crippen LogP contribution in [0.25, 0.3) is 10.9 Å². The van der Waals surface area contributed by atoms with Gasteiger partial charge < -0.3 is 34.1 Å². The van der Waals surface area contributed by atoms with E-state index in [2.05, 4.69) is 17.2 Å². The number of para-hydroxylation sites is 1. The minimum absolute atomic E-state index is 0.0616. The molecule has 294 valence electrons. The number of pyridine rings is 1. The van der Waals surface area contributed by atoms with Crippen LogP contribution in [0.3, 0.4) is 0 Å². The standard InChI is InChI=1S/C42H51N3O10/c1-41(2,3)35(37(46)47)44-39(49)54-33-22-27(33)18-12-9-13-20-30-34(52-25-26-16-10-8-11-17-26)29-19-14-15-21-31(29)43-36(30)53-28-23-32(38(48)51-7)45(24-28)40(50)55-42(4,5)6/h8,10-11,14-17,19,21,27-28,32-33,35H,9,12,18,22-25H2,1-7H3,(H,44,49)(H,46,47)/t27-,28-,32+,33-,35-/m1/s1. The van der Waals surface area contributed by atoms with Crippen LogP contribution in [0.4, 0.5) is 9.59 Å². The van der Waals surface area contributed by atoms with Crippen LogP contribution in [0.2, 0.25) is 0 Å².